The molecule has 0 saturated carbocycles. The number of rotatable bonds is 3. The van der Waals surface area contributed by atoms with E-state index in [4.69, 9.17) is 0 Å². The highest BCUT2D eigenvalue weighted by atomic mass is 16.2. The van der Waals surface area contributed by atoms with Gasteiger partial charge in [-0.2, -0.15) is 5.10 Å². The molecule has 1 N–H and O–H groups in total. The van der Waals surface area contributed by atoms with Crippen LogP contribution in [-0.4, -0.2) is 33.0 Å². The summed E-state index contributed by atoms with van der Waals surface area (Å²) in [7, 11) is 1.76. The van der Waals surface area contributed by atoms with Crippen LogP contribution in [0.15, 0.2) is 48.8 Å². The lowest BCUT2D eigenvalue weighted by Crippen LogP contribution is -2.26. The molecule has 0 saturated heterocycles. The number of hydrogen-bond donors (Lipinski definition) is 1. The Labute approximate surface area is 116 Å². The lowest BCUT2D eigenvalue weighted by atomic mass is 10.0. The first-order valence-electron chi connectivity index (χ1n) is 6.33. The van der Waals surface area contributed by atoms with Gasteiger partial charge in [-0.25, -0.2) is 4.98 Å². The van der Waals surface area contributed by atoms with E-state index in [9.17, 15) is 4.79 Å². The first-order chi connectivity index (χ1) is 9.75. The van der Waals surface area contributed by atoms with E-state index in [-0.39, 0.29) is 5.91 Å². The van der Waals surface area contributed by atoms with Crippen LogP contribution in [0.4, 0.5) is 0 Å². The van der Waals surface area contributed by atoms with E-state index in [1.807, 2.05) is 42.5 Å². The zero-order valence-corrected chi connectivity index (χ0v) is 11.1. The van der Waals surface area contributed by atoms with Crippen molar-refractivity contribution in [2.24, 2.45) is 0 Å². The number of aromatic nitrogens is 3. The van der Waals surface area contributed by atoms with Crippen molar-refractivity contribution < 1.29 is 4.79 Å². The average Bonchev–Trinajstić information content (AvgIpc) is 2.99. The van der Waals surface area contributed by atoms with Crippen LogP contribution in [0, 0.1) is 0 Å². The summed E-state index contributed by atoms with van der Waals surface area (Å²) < 4.78 is 0. The highest BCUT2D eigenvalue weighted by Gasteiger charge is 2.15. The number of fused-ring (bicyclic) bond motifs is 1. The van der Waals surface area contributed by atoms with Crippen LogP contribution in [0.1, 0.15) is 16.2 Å². The van der Waals surface area contributed by atoms with Gasteiger partial charge in [-0.05, 0) is 16.8 Å². The quantitative estimate of drug-likeness (QED) is 0.790. The van der Waals surface area contributed by atoms with Crippen molar-refractivity contribution >= 4 is 16.7 Å². The molecule has 1 amide bonds. The van der Waals surface area contributed by atoms with Gasteiger partial charge < -0.3 is 4.90 Å². The third kappa shape index (κ3) is 2.25. The van der Waals surface area contributed by atoms with Crippen LogP contribution in [-0.2, 0) is 6.54 Å². The molecule has 0 aliphatic heterocycles. The van der Waals surface area contributed by atoms with Gasteiger partial charge in [-0.1, -0.05) is 36.4 Å². The Bertz CT molecular complexity index is 731. The number of nitrogens with one attached hydrogen (secondary N) is 1. The largest absolute Gasteiger partial charge is 0.334 e. The van der Waals surface area contributed by atoms with Crippen molar-refractivity contribution in [3.05, 3.63) is 60.2 Å². The SMILES string of the molecule is CN(Cc1ncn[nH]1)C(=O)c1cccc2ccccc12. The van der Waals surface area contributed by atoms with Gasteiger partial charge >= 0.3 is 0 Å². The van der Waals surface area contributed by atoms with Gasteiger partial charge in [0, 0.05) is 12.6 Å². The van der Waals surface area contributed by atoms with Gasteiger partial charge in [-0.15, -0.1) is 0 Å². The van der Waals surface area contributed by atoms with E-state index >= 15 is 0 Å². The van der Waals surface area contributed by atoms with Crippen LogP contribution in [0.5, 0.6) is 0 Å². The molecule has 1 aromatic heterocycles. The molecule has 5 heteroatoms. The Balaban J connectivity index is 1.92. The molecule has 0 spiro atoms. The summed E-state index contributed by atoms with van der Waals surface area (Å²) in [4.78, 5) is 18.2. The Kier molecular flexibility index (Phi) is 3.16. The molecular weight excluding hydrogens is 252 g/mol. The molecule has 0 aliphatic rings. The van der Waals surface area contributed by atoms with Gasteiger partial charge in [-0.3, -0.25) is 9.89 Å². The van der Waals surface area contributed by atoms with Crippen molar-refractivity contribution in [2.75, 3.05) is 7.05 Å². The number of aromatic amines is 1. The van der Waals surface area contributed by atoms with Gasteiger partial charge in [0.05, 0.1) is 6.54 Å². The van der Waals surface area contributed by atoms with E-state index in [1.54, 1.807) is 11.9 Å². The minimum atomic E-state index is -0.0294. The molecule has 0 aliphatic carbocycles. The maximum Gasteiger partial charge on any atom is 0.254 e. The molecule has 5 nitrogen and oxygen atoms in total. The fourth-order valence-corrected chi connectivity index (χ4v) is 2.22. The zero-order valence-electron chi connectivity index (χ0n) is 11.1. The van der Waals surface area contributed by atoms with Gasteiger partial charge in [0.1, 0.15) is 12.2 Å². The number of amides is 1. The average molecular weight is 266 g/mol. The van der Waals surface area contributed by atoms with Crippen LogP contribution in [0.2, 0.25) is 0 Å². The van der Waals surface area contributed by atoms with Gasteiger partial charge in [0.25, 0.3) is 5.91 Å². The first kappa shape index (κ1) is 12.3. The Morgan fingerprint density at radius 1 is 1.20 bits per heavy atom. The maximum absolute atomic E-state index is 12.5. The number of hydrogen-bond acceptors (Lipinski definition) is 3. The molecule has 3 rings (SSSR count). The lowest BCUT2D eigenvalue weighted by Gasteiger charge is -2.16. The molecule has 1 heterocycles. The molecule has 0 bridgehead atoms. The van der Waals surface area contributed by atoms with Crippen LogP contribution in [0.25, 0.3) is 10.8 Å². The molecule has 3 aromatic rings. The van der Waals surface area contributed by atoms with Crippen LogP contribution in [0.3, 0.4) is 0 Å². The third-order valence-corrected chi connectivity index (χ3v) is 3.22. The standard InChI is InChI=1S/C15H14N4O/c1-19(9-14-16-10-17-18-14)15(20)13-8-4-6-11-5-2-3-7-12(11)13/h2-8,10H,9H2,1H3,(H,16,17,18). The summed E-state index contributed by atoms with van der Waals surface area (Å²) in [6, 6.07) is 13.6. The highest BCUT2D eigenvalue weighted by molar-refractivity contribution is 6.06. The molecule has 2 aromatic carbocycles. The van der Waals surface area contributed by atoms with Crippen LogP contribution < -0.4 is 0 Å². The van der Waals surface area contributed by atoms with Crippen LogP contribution >= 0.6 is 0 Å². The Morgan fingerprint density at radius 3 is 2.80 bits per heavy atom. The number of nitrogens with zero attached hydrogens (tertiary/aromatic N) is 3. The summed E-state index contributed by atoms with van der Waals surface area (Å²) >= 11 is 0. The molecule has 20 heavy (non-hydrogen) atoms. The predicted octanol–water partition coefficient (Wildman–Crippen LogP) is 2.23. The van der Waals surface area contributed by atoms with Gasteiger partial charge in [0.15, 0.2) is 0 Å². The minimum Gasteiger partial charge on any atom is -0.334 e. The Morgan fingerprint density at radius 2 is 2.00 bits per heavy atom. The molecule has 0 fully saturated rings. The number of benzene rings is 2. The molecule has 0 radical (unpaired) electrons. The van der Waals surface area contributed by atoms with E-state index in [1.165, 1.54) is 6.33 Å². The summed E-state index contributed by atoms with van der Waals surface area (Å²) in [6.07, 6.45) is 1.44. The van der Waals surface area contributed by atoms with Crippen molar-refractivity contribution in [2.45, 2.75) is 6.54 Å². The number of carbonyl (C=O) groups excluding carboxylic acids is 1. The third-order valence-electron chi connectivity index (χ3n) is 3.22. The monoisotopic (exact) mass is 266 g/mol. The molecular formula is C15H14N4O. The highest BCUT2D eigenvalue weighted by Crippen LogP contribution is 2.20. The number of carbonyl (C=O) groups is 1. The second kappa shape index (κ2) is 5.13. The maximum atomic E-state index is 12.5. The van der Waals surface area contributed by atoms with Crippen molar-refractivity contribution in [3.63, 3.8) is 0 Å². The summed E-state index contributed by atoms with van der Waals surface area (Å²) in [5.41, 5.74) is 0.699. The topological polar surface area (TPSA) is 61.9 Å². The number of H-pyrrole nitrogens is 1. The predicted molar refractivity (Wildman–Crippen MR) is 76.1 cm³/mol. The zero-order chi connectivity index (χ0) is 13.9. The molecule has 0 atom stereocenters. The molecule has 0 unspecified atom stereocenters. The normalized spacial score (nSPS) is 10.7. The minimum absolute atomic E-state index is 0.0294. The summed E-state index contributed by atoms with van der Waals surface area (Å²) in [5.74, 6) is 0.638. The second-order valence-corrected chi connectivity index (χ2v) is 4.62. The van der Waals surface area contributed by atoms with E-state index in [0.717, 1.165) is 10.8 Å². The smallest absolute Gasteiger partial charge is 0.254 e. The van der Waals surface area contributed by atoms with Crippen molar-refractivity contribution in [1.82, 2.24) is 20.1 Å². The fraction of sp³-hybridized carbons (Fsp3) is 0.133. The van der Waals surface area contributed by atoms with Gasteiger partial charge in [0.2, 0.25) is 0 Å². The van der Waals surface area contributed by atoms with E-state index in [0.29, 0.717) is 17.9 Å². The van der Waals surface area contributed by atoms with Crippen molar-refractivity contribution in [3.8, 4) is 0 Å². The summed E-state index contributed by atoms with van der Waals surface area (Å²) in [6.45, 7) is 0.405. The summed E-state index contributed by atoms with van der Waals surface area (Å²) in [5, 5.41) is 8.56. The van der Waals surface area contributed by atoms with E-state index < -0.39 is 0 Å². The lowest BCUT2D eigenvalue weighted by molar-refractivity contribution is 0.0783. The second-order valence-electron chi connectivity index (χ2n) is 4.62. The van der Waals surface area contributed by atoms with E-state index in [2.05, 4.69) is 15.2 Å². The first-order valence-corrected chi connectivity index (χ1v) is 6.33. The van der Waals surface area contributed by atoms with Crippen molar-refractivity contribution in [1.29, 1.82) is 0 Å². The Hall–Kier alpha value is -2.69. The molecule has 100 valence electrons. The fourth-order valence-electron chi connectivity index (χ4n) is 2.22.